The summed E-state index contributed by atoms with van der Waals surface area (Å²) in [5, 5.41) is 19.2. The van der Waals surface area contributed by atoms with Gasteiger partial charge >= 0.3 is 0 Å². The maximum Gasteiger partial charge on any atom is 0.0973 e. The minimum Gasteiger partial charge on any atom is -0.387 e. The van der Waals surface area contributed by atoms with Crippen molar-refractivity contribution in [1.29, 1.82) is 5.26 Å². The van der Waals surface area contributed by atoms with Crippen LogP contribution in [0.25, 0.3) is 0 Å². The Balaban J connectivity index is 3.04. The lowest BCUT2D eigenvalue weighted by atomic mass is 9.80. The molecule has 2 unspecified atom stereocenters. The van der Waals surface area contributed by atoms with Gasteiger partial charge < -0.3 is 5.11 Å². The Morgan fingerprint density at radius 2 is 2.27 bits per heavy atom. The first-order valence-electron chi connectivity index (χ1n) is 4.88. The van der Waals surface area contributed by atoms with Gasteiger partial charge in [0.05, 0.1) is 17.6 Å². The number of hydrogen-bond donors (Lipinski definition) is 1. The van der Waals surface area contributed by atoms with Crippen LogP contribution in [-0.4, -0.2) is 5.11 Å². The molecule has 80 valence electrons. The summed E-state index contributed by atoms with van der Waals surface area (Å²) < 4.78 is 0.912. The molecule has 0 heterocycles. The van der Waals surface area contributed by atoms with E-state index in [1.807, 2.05) is 31.2 Å². The van der Waals surface area contributed by atoms with Gasteiger partial charge in [0, 0.05) is 4.47 Å². The number of hydrogen-bond acceptors (Lipinski definition) is 2. The van der Waals surface area contributed by atoms with Gasteiger partial charge in [-0.2, -0.15) is 5.26 Å². The van der Waals surface area contributed by atoms with Crippen molar-refractivity contribution < 1.29 is 5.11 Å². The molecule has 1 rings (SSSR count). The van der Waals surface area contributed by atoms with Gasteiger partial charge in [-0.1, -0.05) is 35.0 Å². The highest BCUT2D eigenvalue weighted by Gasteiger charge is 2.32. The molecule has 2 atom stereocenters. The second-order valence-electron chi connectivity index (χ2n) is 3.84. The van der Waals surface area contributed by atoms with Crippen molar-refractivity contribution in [2.75, 3.05) is 0 Å². The van der Waals surface area contributed by atoms with Crippen molar-refractivity contribution in [2.45, 2.75) is 26.4 Å². The Labute approximate surface area is 98.7 Å². The average Bonchev–Trinajstić information content (AvgIpc) is 2.27. The first kappa shape index (κ1) is 12.2. The number of rotatable bonds is 3. The molecule has 15 heavy (non-hydrogen) atoms. The Bertz CT molecular complexity index is 385. The molecule has 0 bridgehead atoms. The third-order valence-corrected chi connectivity index (χ3v) is 3.25. The van der Waals surface area contributed by atoms with Gasteiger partial charge in [-0.05, 0) is 31.0 Å². The molecule has 1 aromatic rings. The van der Waals surface area contributed by atoms with Crippen molar-refractivity contribution in [2.24, 2.45) is 5.41 Å². The summed E-state index contributed by atoms with van der Waals surface area (Å²) in [5.41, 5.74) is 0.0520. The summed E-state index contributed by atoms with van der Waals surface area (Å²) in [4.78, 5) is 0. The van der Waals surface area contributed by atoms with Crippen molar-refractivity contribution in [1.82, 2.24) is 0 Å². The van der Waals surface area contributed by atoms with E-state index in [0.29, 0.717) is 6.42 Å². The molecule has 0 saturated carbocycles. The molecule has 0 aromatic heterocycles. The number of aliphatic hydroxyl groups is 1. The molecule has 0 aliphatic carbocycles. The largest absolute Gasteiger partial charge is 0.387 e. The van der Waals surface area contributed by atoms with E-state index in [1.54, 1.807) is 6.92 Å². The van der Waals surface area contributed by atoms with Crippen LogP contribution in [0, 0.1) is 16.7 Å². The predicted octanol–water partition coefficient (Wildman–Crippen LogP) is 3.42. The van der Waals surface area contributed by atoms with Gasteiger partial charge in [-0.15, -0.1) is 0 Å². The van der Waals surface area contributed by atoms with Crippen LogP contribution in [-0.2, 0) is 0 Å². The second kappa shape index (κ2) is 4.78. The highest BCUT2D eigenvalue weighted by atomic mass is 79.9. The lowest BCUT2D eigenvalue weighted by Gasteiger charge is -2.26. The zero-order valence-corrected chi connectivity index (χ0v) is 10.5. The van der Waals surface area contributed by atoms with E-state index in [1.165, 1.54) is 0 Å². The van der Waals surface area contributed by atoms with Gasteiger partial charge in [0.25, 0.3) is 0 Å². The van der Waals surface area contributed by atoms with Crippen molar-refractivity contribution in [3.63, 3.8) is 0 Å². The summed E-state index contributed by atoms with van der Waals surface area (Å²) in [6.07, 6.45) is -0.123. The van der Waals surface area contributed by atoms with Crippen molar-refractivity contribution in [3.05, 3.63) is 34.3 Å². The smallest absolute Gasteiger partial charge is 0.0973 e. The minimum atomic E-state index is -0.745. The van der Waals surface area contributed by atoms with Gasteiger partial charge in [0.15, 0.2) is 0 Å². The van der Waals surface area contributed by atoms with E-state index in [-0.39, 0.29) is 0 Å². The third kappa shape index (κ3) is 2.58. The molecule has 0 fully saturated rings. The fraction of sp³-hybridized carbons (Fsp3) is 0.417. The van der Waals surface area contributed by atoms with E-state index < -0.39 is 11.5 Å². The summed E-state index contributed by atoms with van der Waals surface area (Å²) in [7, 11) is 0. The molecule has 0 amide bonds. The molecule has 0 aliphatic rings. The molecule has 1 N–H and O–H groups in total. The highest BCUT2D eigenvalue weighted by molar-refractivity contribution is 9.10. The fourth-order valence-electron chi connectivity index (χ4n) is 1.38. The Morgan fingerprint density at radius 3 is 2.73 bits per heavy atom. The topological polar surface area (TPSA) is 44.0 Å². The number of nitrogens with zero attached hydrogens (tertiary/aromatic N) is 1. The number of nitriles is 1. The summed E-state index contributed by atoms with van der Waals surface area (Å²) in [6, 6.07) is 9.61. The van der Waals surface area contributed by atoms with Crippen LogP contribution in [0.5, 0.6) is 0 Å². The monoisotopic (exact) mass is 267 g/mol. The SMILES string of the molecule is CCC(C)(C#N)C(O)c1cccc(Br)c1. The predicted molar refractivity (Wildman–Crippen MR) is 63.1 cm³/mol. The first-order valence-corrected chi connectivity index (χ1v) is 5.67. The normalized spacial score (nSPS) is 16.5. The summed E-state index contributed by atoms with van der Waals surface area (Å²) >= 11 is 3.35. The van der Waals surface area contributed by atoms with Gasteiger partial charge in [-0.25, -0.2) is 0 Å². The lowest BCUT2D eigenvalue weighted by Crippen LogP contribution is -2.22. The van der Waals surface area contributed by atoms with Gasteiger partial charge in [0.1, 0.15) is 0 Å². The zero-order chi connectivity index (χ0) is 11.5. The Hall–Kier alpha value is -0.850. The molecule has 1 aromatic carbocycles. The zero-order valence-electron chi connectivity index (χ0n) is 8.87. The van der Waals surface area contributed by atoms with Crippen LogP contribution >= 0.6 is 15.9 Å². The van der Waals surface area contributed by atoms with E-state index >= 15 is 0 Å². The van der Waals surface area contributed by atoms with Crippen LogP contribution in [0.4, 0.5) is 0 Å². The van der Waals surface area contributed by atoms with Crippen LogP contribution in [0.3, 0.4) is 0 Å². The molecule has 0 saturated heterocycles. The molecule has 0 radical (unpaired) electrons. The highest BCUT2D eigenvalue weighted by Crippen LogP contribution is 2.36. The minimum absolute atomic E-state index is 0.622. The Morgan fingerprint density at radius 1 is 1.60 bits per heavy atom. The third-order valence-electron chi connectivity index (χ3n) is 2.76. The van der Waals surface area contributed by atoms with E-state index in [9.17, 15) is 5.11 Å². The maximum absolute atomic E-state index is 10.1. The summed E-state index contributed by atoms with van der Waals surface area (Å²) in [6.45, 7) is 3.68. The second-order valence-corrected chi connectivity index (χ2v) is 4.76. The Kier molecular flexibility index (Phi) is 3.90. The van der Waals surface area contributed by atoms with Gasteiger partial charge in [0.2, 0.25) is 0 Å². The molecule has 2 nitrogen and oxygen atoms in total. The quantitative estimate of drug-likeness (QED) is 0.912. The van der Waals surface area contributed by atoms with Crippen LogP contribution in [0.1, 0.15) is 31.9 Å². The van der Waals surface area contributed by atoms with Crippen LogP contribution in [0.15, 0.2) is 28.7 Å². The first-order chi connectivity index (χ1) is 7.03. The standard InChI is InChI=1S/C12H14BrNO/c1-3-12(2,8-14)11(15)9-5-4-6-10(13)7-9/h4-7,11,15H,3H2,1-2H3. The van der Waals surface area contributed by atoms with E-state index in [4.69, 9.17) is 5.26 Å². The maximum atomic E-state index is 10.1. The molecule has 0 aliphatic heterocycles. The van der Waals surface area contributed by atoms with Crippen molar-refractivity contribution in [3.8, 4) is 6.07 Å². The van der Waals surface area contributed by atoms with E-state index in [0.717, 1.165) is 10.0 Å². The fourth-order valence-corrected chi connectivity index (χ4v) is 1.80. The number of aliphatic hydroxyl groups excluding tert-OH is 1. The average molecular weight is 268 g/mol. The molecule has 3 heteroatoms. The van der Waals surface area contributed by atoms with Crippen LogP contribution in [0.2, 0.25) is 0 Å². The lowest BCUT2D eigenvalue weighted by molar-refractivity contribution is 0.0722. The molecular weight excluding hydrogens is 254 g/mol. The number of halogens is 1. The van der Waals surface area contributed by atoms with E-state index in [2.05, 4.69) is 22.0 Å². The van der Waals surface area contributed by atoms with Gasteiger partial charge in [-0.3, -0.25) is 0 Å². The van der Waals surface area contributed by atoms with Crippen molar-refractivity contribution >= 4 is 15.9 Å². The summed E-state index contributed by atoms with van der Waals surface area (Å²) in [5.74, 6) is 0. The molecule has 0 spiro atoms. The molecular formula is C12H14BrNO. The number of benzene rings is 1. The van der Waals surface area contributed by atoms with Crippen LogP contribution < -0.4 is 0 Å².